The van der Waals surface area contributed by atoms with Crippen LogP contribution in [0.2, 0.25) is 5.02 Å². The van der Waals surface area contributed by atoms with Gasteiger partial charge in [-0.05, 0) is 42.8 Å². The first-order valence-corrected chi connectivity index (χ1v) is 7.27. The van der Waals surface area contributed by atoms with E-state index < -0.39 is 0 Å². The number of benzene rings is 2. The zero-order chi connectivity index (χ0) is 15.9. The standard InChI is InChI=1S/C17H15ClN2O2/c1-2-3-17(21)20-13-5-8-14(9-6-13)22-15-7-4-12(11-19)16(18)10-15/h4-10H,2-3H2,1H3,(H,20,21). The first-order chi connectivity index (χ1) is 10.6. The first-order valence-electron chi connectivity index (χ1n) is 6.90. The van der Waals surface area contributed by atoms with Crippen molar-refractivity contribution in [2.45, 2.75) is 19.8 Å². The number of anilines is 1. The normalized spacial score (nSPS) is 9.86. The van der Waals surface area contributed by atoms with Crippen LogP contribution in [0.5, 0.6) is 11.5 Å². The van der Waals surface area contributed by atoms with Gasteiger partial charge in [0.25, 0.3) is 0 Å². The molecular formula is C17H15ClN2O2. The van der Waals surface area contributed by atoms with Crippen molar-refractivity contribution in [1.82, 2.24) is 0 Å². The third kappa shape index (κ3) is 4.24. The second kappa shape index (κ2) is 7.48. The number of nitrogens with zero attached hydrogens (tertiary/aromatic N) is 1. The molecule has 0 bridgehead atoms. The molecule has 2 aromatic rings. The molecule has 112 valence electrons. The van der Waals surface area contributed by atoms with Crippen molar-refractivity contribution in [2.24, 2.45) is 0 Å². The highest BCUT2D eigenvalue weighted by atomic mass is 35.5. The smallest absolute Gasteiger partial charge is 0.224 e. The molecule has 4 nitrogen and oxygen atoms in total. The van der Waals surface area contributed by atoms with Crippen LogP contribution in [0.3, 0.4) is 0 Å². The summed E-state index contributed by atoms with van der Waals surface area (Å²) in [6.07, 6.45) is 1.31. The molecule has 0 aliphatic carbocycles. The SMILES string of the molecule is CCCC(=O)Nc1ccc(Oc2ccc(C#N)c(Cl)c2)cc1. The van der Waals surface area contributed by atoms with Crippen LogP contribution >= 0.6 is 11.6 Å². The Morgan fingerprint density at radius 1 is 1.23 bits per heavy atom. The predicted molar refractivity (Wildman–Crippen MR) is 86.2 cm³/mol. The maximum absolute atomic E-state index is 11.5. The van der Waals surface area contributed by atoms with E-state index in [1.54, 1.807) is 42.5 Å². The summed E-state index contributed by atoms with van der Waals surface area (Å²) >= 11 is 5.96. The number of carbonyl (C=O) groups is 1. The van der Waals surface area contributed by atoms with Crippen molar-refractivity contribution in [3.05, 3.63) is 53.1 Å². The van der Waals surface area contributed by atoms with Gasteiger partial charge in [-0.1, -0.05) is 18.5 Å². The Hall–Kier alpha value is -2.51. The topological polar surface area (TPSA) is 62.1 Å². The van der Waals surface area contributed by atoms with Crippen molar-refractivity contribution in [2.75, 3.05) is 5.32 Å². The van der Waals surface area contributed by atoms with Crippen LogP contribution in [0, 0.1) is 11.3 Å². The molecule has 0 heterocycles. The number of carbonyl (C=O) groups excluding carboxylic acids is 1. The second-order valence-electron chi connectivity index (χ2n) is 4.68. The van der Waals surface area contributed by atoms with Gasteiger partial charge in [0.05, 0.1) is 10.6 Å². The molecule has 5 heteroatoms. The number of hydrogen-bond donors (Lipinski definition) is 1. The first kappa shape index (κ1) is 15.9. The summed E-state index contributed by atoms with van der Waals surface area (Å²) in [5.41, 5.74) is 1.13. The molecule has 0 aliphatic heterocycles. The Morgan fingerprint density at radius 2 is 1.91 bits per heavy atom. The lowest BCUT2D eigenvalue weighted by Crippen LogP contribution is -2.10. The number of rotatable bonds is 5. The monoisotopic (exact) mass is 314 g/mol. The average molecular weight is 315 g/mol. The van der Waals surface area contributed by atoms with E-state index in [1.807, 2.05) is 13.0 Å². The van der Waals surface area contributed by atoms with Crippen molar-refractivity contribution in [3.63, 3.8) is 0 Å². The number of nitrogens with one attached hydrogen (secondary N) is 1. The predicted octanol–water partition coefficient (Wildman–Crippen LogP) is 4.74. The molecular weight excluding hydrogens is 300 g/mol. The molecule has 0 fully saturated rings. The van der Waals surface area contributed by atoms with E-state index in [9.17, 15) is 4.79 Å². The van der Waals surface area contributed by atoms with Crippen LogP contribution in [0.15, 0.2) is 42.5 Å². The number of halogens is 1. The summed E-state index contributed by atoms with van der Waals surface area (Å²) in [4.78, 5) is 11.5. The van der Waals surface area contributed by atoms with Gasteiger partial charge in [-0.15, -0.1) is 0 Å². The molecule has 0 unspecified atom stereocenters. The minimum atomic E-state index is -0.00459. The maximum atomic E-state index is 11.5. The molecule has 1 N–H and O–H groups in total. The zero-order valence-electron chi connectivity index (χ0n) is 12.1. The minimum absolute atomic E-state index is 0.00459. The van der Waals surface area contributed by atoms with Crippen molar-refractivity contribution in [1.29, 1.82) is 5.26 Å². The summed E-state index contributed by atoms with van der Waals surface area (Å²) in [6.45, 7) is 1.96. The molecule has 2 aromatic carbocycles. The number of amides is 1. The lowest BCUT2D eigenvalue weighted by atomic mass is 10.2. The number of ether oxygens (including phenoxy) is 1. The highest BCUT2D eigenvalue weighted by molar-refractivity contribution is 6.31. The summed E-state index contributed by atoms with van der Waals surface area (Å²) in [5.74, 6) is 1.16. The van der Waals surface area contributed by atoms with Crippen LogP contribution in [0.25, 0.3) is 0 Å². The van der Waals surface area contributed by atoms with E-state index >= 15 is 0 Å². The quantitative estimate of drug-likeness (QED) is 0.866. The van der Waals surface area contributed by atoms with E-state index in [2.05, 4.69) is 5.32 Å². The molecule has 0 aromatic heterocycles. The van der Waals surface area contributed by atoms with E-state index in [4.69, 9.17) is 21.6 Å². The fourth-order valence-corrected chi connectivity index (χ4v) is 2.06. The Kier molecular flexibility index (Phi) is 5.40. The van der Waals surface area contributed by atoms with Gasteiger partial charge in [-0.2, -0.15) is 5.26 Å². The van der Waals surface area contributed by atoms with Crippen LogP contribution in [-0.4, -0.2) is 5.91 Å². The summed E-state index contributed by atoms with van der Waals surface area (Å²) in [7, 11) is 0. The van der Waals surface area contributed by atoms with Gasteiger partial charge in [-0.3, -0.25) is 4.79 Å². The highest BCUT2D eigenvalue weighted by Gasteiger charge is 2.04. The van der Waals surface area contributed by atoms with Crippen LogP contribution in [0.1, 0.15) is 25.3 Å². The van der Waals surface area contributed by atoms with Crippen molar-refractivity contribution >= 4 is 23.2 Å². The maximum Gasteiger partial charge on any atom is 0.224 e. The van der Waals surface area contributed by atoms with Gasteiger partial charge in [0.2, 0.25) is 5.91 Å². The molecule has 0 spiro atoms. The van der Waals surface area contributed by atoms with Gasteiger partial charge in [0.1, 0.15) is 17.6 Å². The van der Waals surface area contributed by atoms with Gasteiger partial charge >= 0.3 is 0 Å². The Bertz CT molecular complexity index is 706. The number of hydrogen-bond acceptors (Lipinski definition) is 3. The summed E-state index contributed by atoms with van der Waals surface area (Å²) in [6, 6.07) is 13.9. The van der Waals surface area contributed by atoms with Gasteiger partial charge in [-0.25, -0.2) is 0 Å². The molecule has 0 radical (unpaired) electrons. The van der Waals surface area contributed by atoms with E-state index in [0.29, 0.717) is 28.5 Å². The molecule has 0 atom stereocenters. The van der Waals surface area contributed by atoms with Gasteiger partial charge in [0, 0.05) is 18.2 Å². The fourth-order valence-electron chi connectivity index (χ4n) is 1.84. The fraction of sp³-hybridized carbons (Fsp3) is 0.176. The summed E-state index contributed by atoms with van der Waals surface area (Å²) in [5, 5.41) is 12.0. The lowest BCUT2D eigenvalue weighted by Gasteiger charge is -2.08. The summed E-state index contributed by atoms with van der Waals surface area (Å²) < 4.78 is 5.66. The molecule has 0 aliphatic rings. The Balaban J connectivity index is 2.04. The van der Waals surface area contributed by atoms with Crippen LogP contribution in [0.4, 0.5) is 5.69 Å². The van der Waals surface area contributed by atoms with Crippen LogP contribution in [-0.2, 0) is 4.79 Å². The Morgan fingerprint density at radius 3 is 2.50 bits per heavy atom. The minimum Gasteiger partial charge on any atom is -0.457 e. The second-order valence-corrected chi connectivity index (χ2v) is 5.09. The molecule has 1 amide bonds. The average Bonchev–Trinajstić information content (AvgIpc) is 2.50. The molecule has 0 saturated heterocycles. The largest absolute Gasteiger partial charge is 0.457 e. The Labute approximate surface area is 134 Å². The van der Waals surface area contributed by atoms with Crippen molar-refractivity contribution in [3.8, 4) is 17.6 Å². The molecule has 2 rings (SSSR count). The van der Waals surface area contributed by atoms with E-state index in [0.717, 1.165) is 12.1 Å². The zero-order valence-corrected chi connectivity index (χ0v) is 12.9. The molecule has 0 saturated carbocycles. The third-order valence-corrected chi connectivity index (χ3v) is 3.22. The lowest BCUT2D eigenvalue weighted by molar-refractivity contribution is -0.116. The van der Waals surface area contributed by atoms with E-state index in [1.165, 1.54) is 0 Å². The molecule has 22 heavy (non-hydrogen) atoms. The van der Waals surface area contributed by atoms with Gasteiger partial charge in [0.15, 0.2) is 0 Å². The van der Waals surface area contributed by atoms with Crippen molar-refractivity contribution < 1.29 is 9.53 Å². The van der Waals surface area contributed by atoms with Crippen LogP contribution < -0.4 is 10.1 Å². The third-order valence-electron chi connectivity index (χ3n) is 2.91. The highest BCUT2D eigenvalue weighted by Crippen LogP contribution is 2.27. The van der Waals surface area contributed by atoms with Gasteiger partial charge < -0.3 is 10.1 Å². The number of nitriles is 1. The van der Waals surface area contributed by atoms with E-state index in [-0.39, 0.29) is 5.91 Å².